The first-order valence-electron chi connectivity index (χ1n) is 4.97. The molecule has 0 radical (unpaired) electrons. The fourth-order valence-corrected chi connectivity index (χ4v) is 1.15. The Kier molecular flexibility index (Phi) is 3.39. The second-order valence-electron chi connectivity index (χ2n) is 4.58. The van der Waals surface area contributed by atoms with Crippen molar-refractivity contribution in [2.24, 2.45) is 10.7 Å². The molecule has 0 spiro atoms. The molecule has 4 heteroatoms. The highest BCUT2D eigenvalue weighted by Gasteiger charge is 2.11. The number of nitrogens with two attached hydrogens (primary N) is 1. The monoisotopic (exact) mass is 209 g/mol. The van der Waals surface area contributed by atoms with Gasteiger partial charge in [-0.1, -0.05) is 0 Å². The highest BCUT2D eigenvalue weighted by atomic mass is 16.3. The topological polar surface area (TPSA) is 54.8 Å². The van der Waals surface area contributed by atoms with E-state index < -0.39 is 0 Å². The highest BCUT2D eigenvalue weighted by molar-refractivity contribution is 5.78. The Morgan fingerprint density at radius 2 is 2.20 bits per heavy atom. The van der Waals surface area contributed by atoms with Gasteiger partial charge in [-0.2, -0.15) is 0 Å². The summed E-state index contributed by atoms with van der Waals surface area (Å²) in [6.45, 7) is 6.68. The molecule has 0 fully saturated rings. The van der Waals surface area contributed by atoms with Crippen LogP contribution in [0.4, 0.5) is 0 Å². The first-order chi connectivity index (χ1) is 6.88. The van der Waals surface area contributed by atoms with Gasteiger partial charge in [0.1, 0.15) is 5.76 Å². The van der Waals surface area contributed by atoms with Crippen molar-refractivity contribution in [2.45, 2.75) is 32.9 Å². The summed E-state index contributed by atoms with van der Waals surface area (Å²) in [6, 6.07) is 3.78. The van der Waals surface area contributed by atoms with Crippen LogP contribution < -0.4 is 5.73 Å². The third-order valence-electron chi connectivity index (χ3n) is 1.81. The molecular weight excluding hydrogens is 190 g/mol. The van der Waals surface area contributed by atoms with Crippen molar-refractivity contribution in [3.05, 3.63) is 24.2 Å². The zero-order valence-electron chi connectivity index (χ0n) is 9.82. The molecule has 0 unspecified atom stereocenters. The molecule has 1 aromatic heterocycles. The summed E-state index contributed by atoms with van der Waals surface area (Å²) in [5.41, 5.74) is 5.70. The smallest absolute Gasteiger partial charge is 0.191 e. The van der Waals surface area contributed by atoms with Crippen LogP contribution in [-0.4, -0.2) is 23.4 Å². The van der Waals surface area contributed by atoms with Gasteiger partial charge in [-0.05, 0) is 32.9 Å². The molecule has 84 valence electrons. The Labute approximate surface area is 90.8 Å². The molecule has 0 aliphatic heterocycles. The molecule has 0 bridgehead atoms. The summed E-state index contributed by atoms with van der Waals surface area (Å²) in [7, 11) is 1.90. The molecule has 0 aromatic carbocycles. The van der Waals surface area contributed by atoms with E-state index in [1.807, 2.05) is 44.9 Å². The lowest BCUT2D eigenvalue weighted by molar-refractivity contribution is 0.402. The van der Waals surface area contributed by atoms with E-state index in [1.165, 1.54) is 0 Å². The predicted molar refractivity (Wildman–Crippen MR) is 61.6 cm³/mol. The summed E-state index contributed by atoms with van der Waals surface area (Å²) in [6.07, 6.45) is 1.65. The van der Waals surface area contributed by atoms with Gasteiger partial charge in [-0.25, -0.2) is 4.99 Å². The first kappa shape index (κ1) is 11.6. The van der Waals surface area contributed by atoms with Gasteiger partial charge in [-0.3, -0.25) is 0 Å². The van der Waals surface area contributed by atoms with Gasteiger partial charge < -0.3 is 15.1 Å². The Morgan fingerprint density at radius 1 is 1.53 bits per heavy atom. The van der Waals surface area contributed by atoms with Crippen molar-refractivity contribution in [3.63, 3.8) is 0 Å². The van der Waals surface area contributed by atoms with E-state index in [0.29, 0.717) is 12.5 Å². The molecule has 0 saturated heterocycles. The molecule has 2 N–H and O–H groups in total. The number of hydrogen-bond donors (Lipinski definition) is 1. The van der Waals surface area contributed by atoms with E-state index in [1.54, 1.807) is 6.26 Å². The van der Waals surface area contributed by atoms with Crippen LogP contribution in [0.15, 0.2) is 27.8 Å². The SMILES string of the molecule is CN(Cc1ccco1)C(N)=NC(C)(C)C. The van der Waals surface area contributed by atoms with E-state index in [-0.39, 0.29) is 5.54 Å². The molecule has 0 aliphatic rings. The average Bonchev–Trinajstić information content (AvgIpc) is 2.53. The molecule has 0 amide bonds. The quantitative estimate of drug-likeness (QED) is 0.597. The number of aliphatic imine (C=N–C) groups is 1. The number of furan rings is 1. The lowest BCUT2D eigenvalue weighted by atomic mass is 10.1. The van der Waals surface area contributed by atoms with Gasteiger partial charge in [0.2, 0.25) is 0 Å². The van der Waals surface area contributed by atoms with E-state index in [9.17, 15) is 0 Å². The van der Waals surface area contributed by atoms with Gasteiger partial charge >= 0.3 is 0 Å². The van der Waals surface area contributed by atoms with Crippen LogP contribution in [0.3, 0.4) is 0 Å². The minimum Gasteiger partial charge on any atom is -0.467 e. The van der Waals surface area contributed by atoms with Crippen LogP contribution in [0.2, 0.25) is 0 Å². The van der Waals surface area contributed by atoms with Crippen molar-refractivity contribution >= 4 is 5.96 Å². The van der Waals surface area contributed by atoms with Crippen LogP contribution in [0.25, 0.3) is 0 Å². The Balaban J connectivity index is 2.61. The molecule has 15 heavy (non-hydrogen) atoms. The average molecular weight is 209 g/mol. The number of guanidine groups is 1. The third kappa shape index (κ3) is 4.06. The van der Waals surface area contributed by atoms with Crippen molar-refractivity contribution in [3.8, 4) is 0 Å². The lowest BCUT2D eigenvalue weighted by Crippen LogP contribution is -2.35. The van der Waals surface area contributed by atoms with Crippen LogP contribution in [0.1, 0.15) is 26.5 Å². The van der Waals surface area contributed by atoms with Crippen LogP contribution in [0, 0.1) is 0 Å². The summed E-state index contributed by atoms with van der Waals surface area (Å²) in [5, 5.41) is 0. The molecule has 0 saturated carbocycles. The van der Waals surface area contributed by atoms with Crippen LogP contribution in [0.5, 0.6) is 0 Å². The van der Waals surface area contributed by atoms with Gasteiger partial charge in [-0.15, -0.1) is 0 Å². The normalized spacial score (nSPS) is 12.9. The summed E-state index contributed by atoms with van der Waals surface area (Å²) in [4.78, 5) is 6.23. The third-order valence-corrected chi connectivity index (χ3v) is 1.81. The van der Waals surface area contributed by atoms with Gasteiger partial charge in [0.25, 0.3) is 0 Å². The number of hydrogen-bond acceptors (Lipinski definition) is 2. The highest BCUT2D eigenvalue weighted by Crippen LogP contribution is 2.08. The Bertz CT molecular complexity index is 322. The molecule has 4 nitrogen and oxygen atoms in total. The van der Waals surface area contributed by atoms with Crippen molar-refractivity contribution in [1.82, 2.24) is 4.90 Å². The molecule has 0 aliphatic carbocycles. The first-order valence-corrected chi connectivity index (χ1v) is 4.97. The molecule has 0 atom stereocenters. The maximum Gasteiger partial charge on any atom is 0.191 e. The molecule has 1 rings (SSSR count). The van der Waals surface area contributed by atoms with Crippen LogP contribution >= 0.6 is 0 Å². The number of nitrogens with zero attached hydrogens (tertiary/aromatic N) is 2. The predicted octanol–water partition coefficient (Wildman–Crippen LogP) is 1.82. The van der Waals surface area contributed by atoms with Gasteiger partial charge in [0, 0.05) is 7.05 Å². The fourth-order valence-electron chi connectivity index (χ4n) is 1.15. The van der Waals surface area contributed by atoms with E-state index in [4.69, 9.17) is 10.2 Å². The molecular formula is C11H19N3O. The summed E-state index contributed by atoms with van der Waals surface area (Å²) in [5.74, 6) is 1.41. The Morgan fingerprint density at radius 3 is 2.67 bits per heavy atom. The largest absolute Gasteiger partial charge is 0.467 e. The van der Waals surface area contributed by atoms with Crippen molar-refractivity contribution in [1.29, 1.82) is 0 Å². The lowest BCUT2D eigenvalue weighted by Gasteiger charge is -2.20. The summed E-state index contributed by atoms with van der Waals surface area (Å²) < 4.78 is 5.23. The maximum absolute atomic E-state index is 5.85. The van der Waals surface area contributed by atoms with E-state index in [0.717, 1.165) is 5.76 Å². The second-order valence-corrected chi connectivity index (χ2v) is 4.58. The van der Waals surface area contributed by atoms with Gasteiger partial charge in [0.05, 0.1) is 18.3 Å². The second kappa shape index (κ2) is 4.38. The standard InChI is InChI=1S/C11H19N3O/c1-11(2,3)13-10(12)14(4)8-9-6-5-7-15-9/h5-7H,8H2,1-4H3,(H2,12,13). The Hall–Kier alpha value is -1.45. The zero-order valence-corrected chi connectivity index (χ0v) is 9.82. The molecule has 1 heterocycles. The van der Waals surface area contributed by atoms with Gasteiger partial charge in [0.15, 0.2) is 5.96 Å². The van der Waals surface area contributed by atoms with E-state index in [2.05, 4.69) is 4.99 Å². The van der Waals surface area contributed by atoms with Crippen molar-refractivity contribution < 1.29 is 4.42 Å². The fraction of sp³-hybridized carbons (Fsp3) is 0.545. The minimum atomic E-state index is -0.151. The zero-order chi connectivity index (χ0) is 11.5. The minimum absolute atomic E-state index is 0.151. The molecule has 1 aromatic rings. The summed E-state index contributed by atoms with van der Waals surface area (Å²) >= 11 is 0. The maximum atomic E-state index is 5.85. The van der Waals surface area contributed by atoms with Crippen molar-refractivity contribution in [2.75, 3.05) is 7.05 Å². The number of rotatable bonds is 2. The van der Waals surface area contributed by atoms with Crippen LogP contribution in [-0.2, 0) is 6.54 Å². The van der Waals surface area contributed by atoms with E-state index >= 15 is 0 Å².